The lowest BCUT2D eigenvalue weighted by molar-refractivity contribution is 0.0601. The monoisotopic (exact) mass is 406 g/mol. The maximum absolute atomic E-state index is 13.1. The molecule has 0 spiro atoms. The van der Waals surface area contributed by atoms with Crippen LogP contribution in [-0.4, -0.2) is 29.6 Å². The van der Waals surface area contributed by atoms with Crippen LogP contribution in [0.25, 0.3) is 0 Å². The van der Waals surface area contributed by atoms with Crippen molar-refractivity contribution in [1.82, 2.24) is 4.90 Å². The summed E-state index contributed by atoms with van der Waals surface area (Å²) in [4.78, 5) is 14.9. The first-order valence-electron chi connectivity index (χ1n) is 9.34. The normalized spacial score (nSPS) is 14.7. The first-order valence-corrected chi connectivity index (χ1v) is 9.72. The Morgan fingerprint density at radius 3 is 2.31 bits per heavy atom. The molecule has 1 saturated heterocycles. The Hall–Kier alpha value is -3.10. The Labute approximate surface area is 175 Å². The maximum atomic E-state index is 13.1. The number of aryl methyl sites for hydroxylation is 2. The van der Waals surface area contributed by atoms with Crippen LogP contribution in [0.3, 0.4) is 0 Å². The Kier molecular flexibility index (Phi) is 5.76. The first-order chi connectivity index (χ1) is 13.7. The zero-order valence-corrected chi connectivity index (χ0v) is 17.5. The zero-order valence-electron chi connectivity index (χ0n) is 16.7. The van der Waals surface area contributed by atoms with E-state index in [4.69, 9.17) is 28.0 Å². The fourth-order valence-corrected chi connectivity index (χ4v) is 3.62. The molecule has 1 heterocycles. The molecule has 1 aliphatic heterocycles. The van der Waals surface area contributed by atoms with Crippen LogP contribution in [0.4, 0.5) is 0 Å². The molecule has 0 saturated carbocycles. The molecule has 1 amide bonds. The average Bonchev–Trinajstić information content (AvgIpc) is 2.66. The summed E-state index contributed by atoms with van der Waals surface area (Å²) in [6.45, 7) is 6.71. The van der Waals surface area contributed by atoms with Gasteiger partial charge < -0.3 is 10.6 Å². The highest BCUT2D eigenvalue weighted by molar-refractivity contribution is 6.46. The molecule has 2 aromatic rings. The molecule has 0 aromatic heterocycles. The SMILES string of the molecule is C/C(N)=C(\Cl)C(=N)c1cc(C(=O)N2CC(c3ccc(C#N)cc3)C2)c(C)cc1C. The standard InChI is InChI=1S/C23H23ClN4O/c1-13-8-14(2)20(9-19(13)22(27)21(24)15(3)26)23(29)28-11-18(12-28)17-6-4-16(10-25)5-7-17/h4-9,18,27H,11-12,26H2,1-3H3/b21-15+,27-22?. The predicted octanol–water partition coefficient (Wildman–Crippen LogP) is 4.21. The van der Waals surface area contributed by atoms with Crippen LogP contribution in [0.2, 0.25) is 0 Å². The number of nitrogens with zero attached hydrogens (tertiary/aromatic N) is 2. The van der Waals surface area contributed by atoms with Crippen molar-refractivity contribution in [3.63, 3.8) is 0 Å². The van der Waals surface area contributed by atoms with Gasteiger partial charge in [0.1, 0.15) is 0 Å². The Balaban J connectivity index is 1.80. The van der Waals surface area contributed by atoms with Crippen LogP contribution < -0.4 is 5.73 Å². The molecular weight excluding hydrogens is 384 g/mol. The maximum Gasteiger partial charge on any atom is 0.254 e. The lowest BCUT2D eigenvalue weighted by Crippen LogP contribution is -2.48. The second kappa shape index (κ2) is 8.10. The third kappa shape index (κ3) is 4.03. The van der Waals surface area contributed by atoms with Crippen molar-refractivity contribution in [3.05, 3.63) is 80.5 Å². The Bertz CT molecular complexity index is 1050. The smallest absolute Gasteiger partial charge is 0.254 e. The van der Waals surface area contributed by atoms with Crippen LogP contribution >= 0.6 is 11.6 Å². The molecule has 0 aliphatic carbocycles. The number of allylic oxidation sites excluding steroid dienone is 2. The van der Waals surface area contributed by atoms with Gasteiger partial charge in [-0.05, 0) is 55.7 Å². The molecule has 1 aliphatic rings. The van der Waals surface area contributed by atoms with E-state index in [2.05, 4.69) is 6.07 Å². The minimum atomic E-state index is -0.0500. The molecule has 5 nitrogen and oxygen atoms in total. The van der Waals surface area contributed by atoms with Crippen LogP contribution in [0, 0.1) is 30.6 Å². The van der Waals surface area contributed by atoms with Gasteiger partial charge in [0, 0.05) is 35.8 Å². The Morgan fingerprint density at radius 1 is 1.17 bits per heavy atom. The van der Waals surface area contributed by atoms with Crippen LogP contribution in [-0.2, 0) is 0 Å². The van der Waals surface area contributed by atoms with E-state index in [1.165, 1.54) is 0 Å². The van der Waals surface area contributed by atoms with Crippen LogP contribution in [0.5, 0.6) is 0 Å². The number of hydrogen-bond acceptors (Lipinski definition) is 4. The lowest BCUT2D eigenvalue weighted by atomic mass is 9.89. The van der Waals surface area contributed by atoms with E-state index in [0.717, 1.165) is 16.7 Å². The van der Waals surface area contributed by atoms with Crippen molar-refractivity contribution in [3.8, 4) is 6.07 Å². The van der Waals surface area contributed by atoms with E-state index in [0.29, 0.717) is 35.5 Å². The number of benzene rings is 2. The number of amides is 1. The van der Waals surface area contributed by atoms with Gasteiger partial charge in [0.15, 0.2) is 0 Å². The quantitative estimate of drug-likeness (QED) is 0.744. The highest BCUT2D eigenvalue weighted by Gasteiger charge is 2.33. The van der Waals surface area contributed by atoms with Crippen molar-refractivity contribution >= 4 is 23.2 Å². The van der Waals surface area contributed by atoms with Crippen molar-refractivity contribution in [2.75, 3.05) is 13.1 Å². The predicted molar refractivity (Wildman–Crippen MR) is 115 cm³/mol. The van der Waals surface area contributed by atoms with Crippen molar-refractivity contribution in [2.24, 2.45) is 5.73 Å². The summed E-state index contributed by atoms with van der Waals surface area (Å²) in [7, 11) is 0. The molecule has 2 aromatic carbocycles. The topological polar surface area (TPSA) is 94.0 Å². The molecule has 0 radical (unpaired) electrons. The molecule has 148 valence electrons. The molecule has 29 heavy (non-hydrogen) atoms. The van der Waals surface area contributed by atoms with Gasteiger partial charge in [-0.15, -0.1) is 0 Å². The number of carbonyl (C=O) groups is 1. The number of halogens is 1. The minimum Gasteiger partial charge on any atom is -0.401 e. The fourth-order valence-electron chi connectivity index (χ4n) is 3.52. The summed E-state index contributed by atoms with van der Waals surface area (Å²) >= 11 is 6.17. The number of nitrogens with two attached hydrogens (primary N) is 1. The summed E-state index contributed by atoms with van der Waals surface area (Å²) < 4.78 is 0. The molecule has 3 rings (SSSR count). The van der Waals surface area contributed by atoms with Gasteiger partial charge in [0.2, 0.25) is 0 Å². The summed E-state index contributed by atoms with van der Waals surface area (Å²) in [5.41, 5.74) is 10.9. The number of nitrogens with one attached hydrogen (secondary N) is 1. The highest BCUT2D eigenvalue weighted by Crippen LogP contribution is 2.30. The summed E-state index contributed by atoms with van der Waals surface area (Å²) in [6.07, 6.45) is 0. The number of likely N-dealkylation sites (tertiary alicyclic amines) is 1. The molecule has 3 N–H and O–H groups in total. The van der Waals surface area contributed by atoms with Gasteiger partial charge in [-0.2, -0.15) is 5.26 Å². The minimum absolute atomic E-state index is 0.0500. The van der Waals surface area contributed by atoms with Gasteiger partial charge in [-0.1, -0.05) is 29.8 Å². The van der Waals surface area contributed by atoms with E-state index >= 15 is 0 Å². The van der Waals surface area contributed by atoms with Gasteiger partial charge in [-0.3, -0.25) is 10.2 Å². The zero-order chi connectivity index (χ0) is 21.3. The van der Waals surface area contributed by atoms with Crippen molar-refractivity contribution in [1.29, 1.82) is 10.7 Å². The fraction of sp³-hybridized carbons (Fsp3) is 0.261. The first kappa shape index (κ1) is 20.6. The van der Waals surface area contributed by atoms with E-state index in [-0.39, 0.29) is 22.6 Å². The lowest BCUT2D eigenvalue weighted by Gasteiger charge is -2.40. The van der Waals surface area contributed by atoms with E-state index in [9.17, 15) is 4.79 Å². The number of nitriles is 1. The van der Waals surface area contributed by atoms with Gasteiger partial charge in [0.25, 0.3) is 5.91 Å². The van der Waals surface area contributed by atoms with Gasteiger partial charge in [-0.25, -0.2) is 0 Å². The third-order valence-corrected chi connectivity index (χ3v) is 5.80. The van der Waals surface area contributed by atoms with Gasteiger partial charge >= 0.3 is 0 Å². The molecule has 0 unspecified atom stereocenters. The highest BCUT2D eigenvalue weighted by atomic mass is 35.5. The third-order valence-electron chi connectivity index (χ3n) is 5.32. The second-order valence-electron chi connectivity index (χ2n) is 7.49. The average molecular weight is 407 g/mol. The van der Waals surface area contributed by atoms with Crippen molar-refractivity contribution in [2.45, 2.75) is 26.7 Å². The summed E-state index contributed by atoms with van der Waals surface area (Å²) in [5.74, 6) is 0.221. The van der Waals surface area contributed by atoms with Crippen molar-refractivity contribution < 1.29 is 4.79 Å². The molecule has 1 fully saturated rings. The van der Waals surface area contributed by atoms with Crippen LogP contribution in [0.1, 0.15) is 51.0 Å². The molecular formula is C23H23ClN4O. The van der Waals surface area contributed by atoms with Gasteiger partial charge in [0.05, 0.1) is 22.4 Å². The molecule has 6 heteroatoms. The van der Waals surface area contributed by atoms with Crippen LogP contribution in [0.15, 0.2) is 47.1 Å². The molecule has 0 atom stereocenters. The summed E-state index contributed by atoms with van der Waals surface area (Å²) in [6, 6.07) is 13.3. The Morgan fingerprint density at radius 2 is 1.76 bits per heavy atom. The second-order valence-corrected chi connectivity index (χ2v) is 7.87. The number of carbonyl (C=O) groups excluding carboxylic acids is 1. The van der Waals surface area contributed by atoms with E-state index < -0.39 is 0 Å². The number of rotatable bonds is 4. The molecule has 0 bridgehead atoms. The van der Waals surface area contributed by atoms with E-state index in [1.54, 1.807) is 30.0 Å². The largest absolute Gasteiger partial charge is 0.401 e. The number of hydrogen-bond donors (Lipinski definition) is 2. The summed E-state index contributed by atoms with van der Waals surface area (Å²) in [5, 5.41) is 17.5. The van der Waals surface area contributed by atoms with E-state index in [1.807, 2.05) is 32.0 Å².